The number of aromatic nitrogens is 2. The van der Waals surface area contributed by atoms with Crippen molar-refractivity contribution in [3.63, 3.8) is 0 Å². The van der Waals surface area contributed by atoms with E-state index in [0.717, 1.165) is 0 Å². The van der Waals surface area contributed by atoms with Gasteiger partial charge >= 0.3 is 0 Å². The zero-order chi connectivity index (χ0) is 13.4. The summed E-state index contributed by atoms with van der Waals surface area (Å²) < 4.78 is 30.2. The Balaban J connectivity index is 1.95. The van der Waals surface area contributed by atoms with Gasteiger partial charge in [0.2, 0.25) is 0 Å². The van der Waals surface area contributed by atoms with Gasteiger partial charge in [-0.15, -0.1) is 0 Å². The molecular formula is C12H11F2N3O2. The quantitative estimate of drug-likeness (QED) is 0.888. The molecule has 1 fully saturated rings. The number of hydrogen-bond donors (Lipinski definition) is 2. The smallest absolute Gasteiger partial charge is 0.295 e. The molecule has 1 aromatic heterocycles. The topological polar surface area (TPSA) is 67.0 Å². The molecule has 1 aromatic carbocycles. The predicted molar refractivity (Wildman–Crippen MR) is 63.1 cm³/mol. The molecule has 19 heavy (non-hydrogen) atoms. The molecule has 1 saturated heterocycles. The zero-order valence-electron chi connectivity index (χ0n) is 9.82. The fourth-order valence-corrected chi connectivity index (χ4v) is 1.92. The van der Waals surface area contributed by atoms with E-state index < -0.39 is 12.2 Å². The van der Waals surface area contributed by atoms with E-state index in [4.69, 9.17) is 4.74 Å². The standard InChI is InChI=1S/C12H11F2N3O2/c13-10(14)11-16-8-3-1-2-7(9(8)17-11)12(18)15-6-4-19-5-6/h1-3,6,10H,4-5H2,(H,15,18)(H,16,17). The van der Waals surface area contributed by atoms with Crippen LogP contribution < -0.4 is 5.32 Å². The molecule has 5 nitrogen and oxygen atoms in total. The van der Waals surface area contributed by atoms with Gasteiger partial charge in [-0.05, 0) is 12.1 Å². The first kappa shape index (κ1) is 12.0. The first-order chi connectivity index (χ1) is 9.15. The molecule has 100 valence electrons. The lowest BCUT2D eigenvalue weighted by atomic mass is 10.1. The maximum Gasteiger partial charge on any atom is 0.295 e. The lowest BCUT2D eigenvalue weighted by Gasteiger charge is -2.26. The van der Waals surface area contributed by atoms with Gasteiger partial charge < -0.3 is 15.0 Å². The summed E-state index contributed by atoms with van der Waals surface area (Å²) in [7, 11) is 0. The largest absolute Gasteiger partial charge is 0.377 e. The first-order valence-corrected chi connectivity index (χ1v) is 5.80. The number of para-hydroxylation sites is 1. The van der Waals surface area contributed by atoms with Gasteiger partial charge in [-0.3, -0.25) is 4.79 Å². The lowest BCUT2D eigenvalue weighted by Crippen LogP contribution is -2.48. The third kappa shape index (κ3) is 2.17. The first-order valence-electron chi connectivity index (χ1n) is 5.80. The summed E-state index contributed by atoms with van der Waals surface area (Å²) in [6.07, 6.45) is -2.69. The SMILES string of the molecule is O=C(NC1COC1)c1cccc2[nH]c(C(F)F)nc12. The minimum Gasteiger partial charge on any atom is -0.377 e. The average Bonchev–Trinajstić information content (AvgIpc) is 2.77. The number of carbonyl (C=O) groups is 1. The second-order valence-corrected chi connectivity index (χ2v) is 4.33. The number of fused-ring (bicyclic) bond motifs is 1. The number of nitrogens with zero attached hydrogens (tertiary/aromatic N) is 1. The molecule has 1 aliphatic heterocycles. The van der Waals surface area contributed by atoms with Crippen LogP contribution in [0.5, 0.6) is 0 Å². The van der Waals surface area contributed by atoms with Crippen molar-refractivity contribution < 1.29 is 18.3 Å². The fraction of sp³-hybridized carbons (Fsp3) is 0.333. The van der Waals surface area contributed by atoms with Gasteiger partial charge in [0.1, 0.15) is 5.52 Å². The minimum absolute atomic E-state index is 0.0173. The zero-order valence-corrected chi connectivity index (χ0v) is 9.82. The third-order valence-corrected chi connectivity index (χ3v) is 2.96. The molecule has 0 radical (unpaired) electrons. The van der Waals surface area contributed by atoms with Crippen LogP contribution in [-0.4, -0.2) is 35.1 Å². The van der Waals surface area contributed by atoms with Gasteiger partial charge in [0.25, 0.3) is 12.3 Å². The van der Waals surface area contributed by atoms with Crippen LogP contribution in [0.4, 0.5) is 8.78 Å². The van der Waals surface area contributed by atoms with Gasteiger partial charge in [0, 0.05) is 0 Å². The van der Waals surface area contributed by atoms with Crippen molar-refractivity contribution >= 4 is 16.9 Å². The van der Waals surface area contributed by atoms with E-state index >= 15 is 0 Å². The molecular weight excluding hydrogens is 256 g/mol. The highest BCUT2D eigenvalue weighted by molar-refractivity contribution is 6.05. The molecule has 0 saturated carbocycles. The van der Waals surface area contributed by atoms with Crippen molar-refractivity contribution in [3.8, 4) is 0 Å². The van der Waals surface area contributed by atoms with Crippen LogP contribution in [0.25, 0.3) is 11.0 Å². The number of alkyl halides is 2. The number of imidazole rings is 1. The molecule has 7 heteroatoms. The van der Waals surface area contributed by atoms with Gasteiger partial charge in [0.05, 0.1) is 30.3 Å². The number of aromatic amines is 1. The van der Waals surface area contributed by atoms with Gasteiger partial charge in [-0.25, -0.2) is 13.8 Å². The number of hydrogen-bond acceptors (Lipinski definition) is 3. The molecule has 3 rings (SSSR count). The highest BCUT2D eigenvalue weighted by Crippen LogP contribution is 2.22. The summed E-state index contributed by atoms with van der Waals surface area (Å²) in [5, 5.41) is 2.76. The van der Waals surface area contributed by atoms with Gasteiger partial charge in [-0.2, -0.15) is 0 Å². The molecule has 0 spiro atoms. The number of rotatable bonds is 3. The van der Waals surface area contributed by atoms with Gasteiger partial charge in [-0.1, -0.05) is 6.07 Å². The summed E-state index contributed by atoms with van der Waals surface area (Å²) in [6, 6.07) is 4.78. The summed E-state index contributed by atoms with van der Waals surface area (Å²) >= 11 is 0. The van der Waals surface area contributed by atoms with Crippen LogP contribution in [0.2, 0.25) is 0 Å². The van der Waals surface area contributed by atoms with Crippen molar-refractivity contribution in [3.05, 3.63) is 29.6 Å². The second-order valence-electron chi connectivity index (χ2n) is 4.33. The number of carbonyl (C=O) groups excluding carboxylic acids is 1. The second kappa shape index (κ2) is 4.58. The Hall–Kier alpha value is -2.02. The van der Waals surface area contributed by atoms with Crippen LogP contribution in [0.15, 0.2) is 18.2 Å². The summed E-state index contributed by atoms with van der Waals surface area (Å²) in [6.45, 7) is 0.954. The Morgan fingerprint density at radius 1 is 1.47 bits per heavy atom. The number of H-pyrrole nitrogens is 1. The predicted octanol–water partition coefficient (Wildman–Crippen LogP) is 1.63. The highest BCUT2D eigenvalue weighted by atomic mass is 19.3. The van der Waals surface area contributed by atoms with Crippen molar-refractivity contribution in [1.29, 1.82) is 0 Å². The van der Waals surface area contributed by atoms with E-state index in [1.54, 1.807) is 18.2 Å². The monoisotopic (exact) mass is 267 g/mol. The molecule has 0 bridgehead atoms. The molecule has 2 N–H and O–H groups in total. The number of ether oxygens (including phenoxy) is 1. The van der Waals surface area contributed by atoms with Crippen molar-refractivity contribution in [2.75, 3.05) is 13.2 Å². The number of nitrogens with one attached hydrogen (secondary N) is 2. The van der Waals surface area contributed by atoms with Crippen molar-refractivity contribution in [1.82, 2.24) is 15.3 Å². The number of halogens is 2. The lowest BCUT2D eigenvalue weighted by molar-refractivity contribution is -0.00343. The maximum absolute atomic E-state index is 12.6. The van der Waals surface area contributed by atoms with E-state index in [2.05, 4.69) is 15.3 Å². The summed E-state index contributed by atoms with van der Waals surface area (Å²) in [5.74, 6) is -0.756. The van der Waals surface area contributed by atoms with Crippen molar-refractivity contribution in [2.45, 2.75) is 12.5 Å². The molecule has 0 unspecified atom stereocenters. The summed E-state index contributed by atoms with van der Waals surface area (Å²) in [5.41, 5.74) is 0.968. The summed E-state index contributed by atoms with van der Waals surface area (Å²) in [4.78, 5) is 18.3. The Labute approximate surface area is 107 Å². The van der Waals surface area contributed by atoms with E-state index in [0.29, 0.717) is 18.7 Å². The van der Waals surface area contributed by atoms with E-state index in [1.807, 2.05) is 0 Å². The van der Waals surface area contributed by atoms with Crippen LogP contribution >= 0.6 is 0 Å². The van der Waals surface area contributed by atoms with E-state index in [9.17, 15) is 13.6 Å². The Bertz CT molecular complexity index is 622. The Morgan fingerprint density at radius 2 is 2.26 bits per heavy atom. The fourth-order valence-electron chi connectivity index (χ4n) is 1.92. The van der Waals surface area contributed by atoms with E-state index in [-0.39, 0.29) is 23.0 Å². The average molecular weight is 267 g/mol. The molecule has 0 atom stereocenters. The highest BCUT2D eigenvalue weighted by Gasteiger charge is 2.23. The van der Waals surface area contributed by atoms with Crippen LogP contribution in [-0.2, 0) is 4.74 Å². The minimum atomic E-state index is -2.69. The number of benzene rings is 1. The van der Waals surface area contributed by atoms with Crippen LogP contribution in [0.3, 0.4) is 0 Å². The maximum atomic E-state index is 12.6. The number of amides is 1. The molecule has 1 amide bonds. The van der Waals surface area contributed by atoms with Crippen molar-refractivity contribution in [2.24, 2.45) is 0 Å². The van der Waals surface area contributed by atoms with Crippen LogP contribution in [0.1, 0.15) is 22.6 Å². The molecule has 1 aliphatic rings. The Morgan fingerprint density at radius 3 is 2.89 bits per heavy atom. The third-order valence-electron chi connectivity index (χ3n) is 2.96. The molecule has 0 aliphatic carbocycles. The van der Waals surface area contributed by atoms with Gasteiger partial charge in [0.15, 0.2) is 5.82 Å². The normalized spacial score (nSPS) is 15.7. The van der Waals surface area contributed by atoms with E-state index in [1.165, 1.54) is 0 Å². The Kier molecular flexibility index (Phi) is 2.90. The molecule has 2 aromatic rings. The molecule has 2 heterocycles. The van der Waals surface area contributed by atoms with Crippen LogP contribution in [0, 0.1) is 0 Å².